The fraction of sp³-hybridized carbons (Fsp3) is 0.394. The van der Waals surface area contributed by atoms with E-state index in [1.54, 1.807) is 0 Å². The van der Waals surface area contributed by atoms with E-state index in [0.717, 1.165) is 39.1 Å². The Morgan fingerprint density at radius 3 is 2.58 bits per heavy atom. The Bertz CT molecular complexity index is 1480. The number of carbonyl (C=O) groups excluding carboxylic acids is 1. The van der Waals surface area contributed by atoms with Gasteiger partial charge in [0.25, 0.3) is 0 Å². The molecule has 6 nitrogen and oxygen atoms in total. The third-order valence-corrected chi connectivity index (χ3v) is 7.74. The number of halogens is 1. The molecule has 0 radical (unpaired) electrons. The number of esters is 1. The summed E-state index contributed by atoms with van der Waals surface area (Å²) in [6.45, 7) is 8.46. The van der Waals surface area contributed by atoms with E-state index in [0.29, 0.717) is 43.1 Å². The Labute approximate surface area is 234 Å². The Morgan fingerprint density at radius 2 is 1.88 bits per heavy atom. The van der Waals surface area contributed by atoms with Gasteiger partial charge in [0.2, 0.25) is 0 Å². The minimum atomic E-state index is -0.580. The fourth-order valence-corrected chi connectivity index (χ4v) is 5.70. The minimum absolute atomic E-state index is 0.0511. The molecule has 40 heavy (non-hydrogen) atoms. The molecule has 0 N–H and O–H groups in total. The molecule has 2 aliphatic rings. The quantitative estimate of drug-likeness (QED) is 0.281. The van der Waals surface area contributed by atoms with Crippen LogP contribution in [0.2, 0.25) is 0 Å². The van der Waals surface area contributed by atoms with E-state index in [1.807, 2.05) is 64.1 Å². The van der Waals surface area contributed by atoms with E-state index in [4.69, 9.17) is 18.9 Å². The van der Waals surface area contributed by atoms with Crippen LogP contribution in [0, 0.1) is 36.4 Å². The van der Waals surface area contributed by atoms with E-state index in [9.17, 15) is 10.1 Å². The number of aryl methyl sites for hydroxylation is 2. The number of carbonyl (C=O) groups is 1. The first kappa shape index (κ1) is 27.5. The summed E-state index contributed by atoms with van der Waals surface area (Å²) in [5, 5.41) is 9.30. The maximum atomic E-state index is 15.3. The zero-order valence-electron chi connectivity index (χ0n) is 23.6. The molecule has 0 fully saturated rings. The molecule has 0 spiro atoms. The summed E-state index contributed by atoms with van der Waals surface area (Å²) in [5.41, 5.74) is 6.05. The predicted octanol–water partition coefficient (Wildman–Crippen LogP) is 7.14. The zero-order chi connectivity index (χ0) is 28.6. The van der Waals surface area contributed by atoms with Crippen LogP contribution in [0.1, 0.15) is 66.5 Å². The highest BCUT2D eigenvalue weighted by molar-refractivity contribution is 5.76. The van der Waals surface area contributed by atoms with E-state index < -0.39 is 11.5 Å². The first-order chi connectivity index (χ1) is 19.1. The molecular weight excluding hydrogens is 509 g/mol. The highest BCUT2D eigenvalue weighted by atomic mass is 19.1. The predicted molar refractivity (Wildman–Crippen MR) is 149 cm³/mol. The minimum Gasteiger partial charge on any atom is -0.492 e. The molecule has 0 saturated heterocycles. The van der Waals surface area contributed by atoms with E-state index >= 15 is 4.39 Å². The SMILES string of the molecule is COC(=O)C[C@@H]1COc2cc(O[C@@H]3CCc4c(-c5c(C)cc(OCC(C)(C)C#N)cc5C)ccc(F)c43)ccc21. The van der Waals surface area contributed by atoms with Gasteiger partial charge in [0.05, 0.1) is 31.6 Å². The zero-order valence-corrected chi connectivity index (χ0v) is 23.6. The van der Waals surface area contributed by atoms with Crippen LogP contribution in [-0.4, -0.2) is 26.3 Å². The molecule has 0 amide bonds. The molecule has 0 bridgehead atoms. The van der Waals surface area contributed by atoms with Crippen LogP contribution in [0.3, 0.4) is 0 Å². The number of nitrogens with zero attached hydrogens (tertiary/aromatic N) is 1. The standard InChI is InChI=1S/C33H34FNO5/c1-19-12-23(39-18-33(3,4)17-35)13-20(2)31(19)25-8-10-27(34)32-26(25)9-11-28(32)40-22-6-7-24-21(14-30(36)37-5)16-38-29(24)15-22/h6-8,10,12-13,15,21,28H,9,11,14,16,18H2,1-5H3/t21-,28-/m1/s1. The van der Waals surface area contributed by atoms with Crippen LogP contribution in [0.5, 0.6) is 17.2 Å². The summed E-state index contributed by atoms with van der Waals surface area (Å²) >= 11 is 0. The number of rotatable bonds is 8. The average molecular weight is 544 g/mol. The van der Waals surface area contributed by atoms with Crippen molar-refractivity contribution in [2.75, 3.05) is 20.3 Å². The normalized spacial score (nSPS) is 17.4. The first-order valence-electron chi connectivity index (χ1n) is 13.6. The van der Waals surface area contributed by atoms with E-state index in [1.165, 1.54) is 13.2 Å². The number of hydrogen-bond donors (Lipinski definition) is 0. The van der Waals surface area contributed by atoms with Crippen LogP contribution >= 0.6 is 0 Å². The van der Waals surface area contributed by atoms with Gasteiger partial charge in [-0.1, -0.05) is 12.1 Å². The fourth-order valence-electron chi connectivity index (χ4n) is 5.70. The first-order valence-corrected chi connectivity index (χ1v) is 13.6. The van der Waals surface area contributed by atoms with Crippen LogP contribution in [0.4, 0.5) is 4.39 Å². The summed E-state index contributed by atoms with van der Waals surface area (Å²) in [6.07, 6.45) is 1.20. The molecule has 0 saturated carbocycles. The van der Waals surface area contributed by atoms with Gasteiger partial charge >= 0.3 is 5.97 Å². The van der Waals surface area contributed by atoms with Crippen molar-refractivity contribution >= 4 is 5.97 Å². The third kappa shape index (κ3) is 5.36. The average Bonchev–Trinajstić information content (AvgIpc) is 3.53. The molecule has 1 heterocycles. The Kier molecular flexibility index (Phi) is 7.46. The number of methoxy groups -OCH3 is 1. The highest BCUT2D eigenvalue weighted by Gasteiger charge is 2.32. The number of hydrogen-bond acceptors (Lipinski definition) is 6. The van der Waals surface area contributed by atoms with Gasteiger partial charge in [-0.15, -0.1) is 0 Å². The molecule has 0 unspecified atom stereocenters. The van der Waals surface area contributed by atoms with Gasteiger partial charge < -0.3 is 18.9 Å². The maximum absolute atomic E-state index is 15.3. The maximum Gasteiger partial charge on any atom is 0.306 e. The van der Waals surface area contributed by atoms with Crippen molar-refractivity contribution in [1.29, 1.82) is 5.26 Å². The second-order valence-electron chi connectivity index (χ2n) is 11.3. The largest absolute Gasteiger partial charge is 0.492 e. The molecule has 1 aliphatic heterocycles. The molecule has 7 heteroatoms. The molecule has 208 valence electrons. The third-order valence-electron chi connectivity index (χ3n) is 7.74. The van der Waals surface area contributed by atoms with Crippen LogP contribution < -0.4 is 14.2 Å². The van der Waals surface area contributed by atoms with Gasteiger partial charge in [-0.2, -0.15) is 5.26 Å². The van der Waals surface area contributed by atoms with Gasteiger partial charge in [0, 0.05) is 23.1 Å². The molecule has 0 aromatic heterocycles. The summed E-state index contributed by atoms with van der Waals surface area (Å²) in [6, 6.07) is 15.2. The van der Waals surface area contributed by atoms with Crippen molar-refractivity contribution in [3.63, 3.8) is 0 Å². The van der Waals surface area contributed by atoms with Gasteiger partial charge in [-0.3, -0.25) is 4.79 Å². The van der Waals surface area contributed by atoms with Gasteiger partial charge in [0.15, 0.2) is 0 Å². The van der Waals surface area contributed by atoms with Crippen molar-refractivity contribution in [3.8, 4) is 34.4 Å². The molecule has 3 aromatic carbocycles. The number of ether oxygens (including phenoxy) is 4. The van der Waals surface area contributed by atoms with Crippen LogP contribution in [0.25, 0.3) is 11.1 Å². The Balaban J connectivity index is 1.39. The lowest BCUT2D eigenvalue weighted by atomic mass is 9.90. The van der Waals surface area contributed by atoms with Gasteiger partial charge in [0.1, 0.15) is 35.8 Å². The van der Waals surface area contributed by atoms with Gasteiger partial charge in [-0.25, -0.2) is 4.39 Å². The number of fused-ring (bicyclic) bond motifs is 2. The highest BCUT2D eigenvalue weighted by Crippen LogP contribution is 2.45. The van der Waals surface area contributed by atoms with Crippen LogP contribution in [-0.2, 0) is 16.0 Å². The second-order valence-corrected chi connectivity index (χ2v) is 11.3. The van der Waals surface area contributed by atoms with E-state index in [2.05, 4.69) is 6.07 Å². The molecule has 5 rings (SSSR count). The van der Waals surface area contributed by atoms with Crippen molar-refractivity contribution in [1.82, 2.24) is 0 Å². The summed E-state index contributed by atoms with van der Waals surface area (Å²) in [4.78, 5) is 11.7. The molecule has 2 atom stereocenters. The lowest BCUT2D eigenvalue weighted by molar-refractivity contribution is -0.141. The Morgan fingerprint density at radius 1 is 1.12 bits per heavy atom. The van der Waals surface area contributed by atoms with Crippen LogP contribution in [0.15, 0.2) is 42.5 Å². The Hall–Kier alpha value is -4.05. The second kappa shape index (κ2) is 10.8. The van der Waals surface area contributed by atoms with Gasteiger partial charge in [-0.05, 0) is 92.6 Å². The summed E-state index contributed by atoms with van der Waals surface area (Å²) in [5.74, 6) is 1.41. The lowest BCUT2D eigenvalue weighted by Crippen LogP contribution is -2.19. The topological polar surface area (TPSA) is 77.8 Å². The molecule has 3 aromatic rings. The molecule has 1 aliphatic carbocycles. The van der Waals surface area contributed by atoms with E-state index in [-0.39, 0.29) is 24.1 Å². The summed E-state index contributed by atoms with van der Waals surface area (Å²) < 4.78 is 38.2. The number of nitriles is 1. The van der Waals surface area contributed by atoms with Crippen molar-refractivity contribution < 1.29 is 28.1 Å². The lowest BCUT2D eigenvalue weighted by Gasteiger charge is -2.20. The number of benzene rings is 3. The smallest absolute Gasteiger partial charge is 0.306 e. The van der Waals surface area contributed by atoms with Crippen molar-refractivity contribution in [2.24, 2.45) is 5.41 Å². The van der Waals surface area contributed by atoms with Crippen molar-refractivity contribution in [2.45, 2.75) is 59.0 Å². The summed E-state index contributed by atoms with van der Waals surface area (Å²) in [7, 11) is 1.38. The molecular formula is C33H34FNO5. The van der Waals surface area contributed by atoms with Crippen molar-refractivity contribution in [3.05, 3.63) is 76.1 Å². The monoisotopic (exact) mass is 543 g/mol.